The molecule has 1 aromatic rings. The largest absolute Gasteiger partial charge is 0.346 e. The number of hydrogen-bond donors (Lipinski definition) is 0. The van der Waals surface area contributed by atoms with Gasteiger partial charge in [-0.1, -0.05) is 11.6 Å². The zero-order valence-corrected chi connectivity index (χ0v) is 7.42. The van der Waals surface area contributed by atoms with Gasteiger partial charge >= 0.3 is 0 Å². The fraction of sp³-hybridized carbons (Fsp3) is 0.375. The fourth-order valence-corrected chi connectivity index (χ4v) is 1.31. The van der Waals surface area contributed by atoms with Gasteiger partial charge in [-0.2, -0.15) is 0 Å². The number of aromatic nitrogens is 1. The second-order valence-corrected chi connectivity index (χ2v) is 2.99. The first-order chi connectivity index (χ1) is 6.27. The highest BCUT2D eigenvalue weighted by molar-refractivity contribution is 6.29. The van der Waals surface area contributed by atoms with Gasteiger partial charge < -0.3 is 9.47 Å². The monoisotopic (exact) mass is 203 g/mol. The SMILES string of the molecule is Fc1cnc(Cl)cc1C1OCCO1. The van der Waals surface area contributed by atoms with Crippen LogP contribution in [0.25, 0.3) is 0 Å². The van der Waals surface area contributed by atoms with Crippen LogP contribution in [0.1, 0.15) is 11.9 Å². The zero-order valence-electron chi connectivity index (χ0n) is 6.67. The van der Waals surface area contributed by atoms with Gasteiger partial charge in [-0.15, -0.1) is 0 Å². The molecule has 2 rings (SSSR count). The van der Waals surface area contributed by atoms with E-state index >= 15 is 0 Å². The highest BCUT2D eigenvalue weighted by Crippen LogP contribution is 2.26. The summed E-state index contributed by atoms with van der Waals surface area (Å²) < 4.78 is 23.4. The lowest BCUT2D eigenvalue weighted by atomic mass is 10.2. The molecule has 0 radical (unpaired) electrons. The first kappa shape index (κ1) is 8.87. The molecule has 0 aromatic carbocycles. The van der Waals surface area contributed by atoms with Gasteiger partial charge in [-0.3, -0.25) is 0 Å². The maximum absolute atomic E-state index is 13.1. The molecule has 0 spiro atoms. The predicted octanol–water partition coefficient (Wildman–Crippen LogP) is 1.92. The summed E-state index contributed by atoms with van der Waals surface area (Å²) in [6.45, 7) is 0.952. The Morgan fingerprint density at radius 1 is 1.46 bits per heavy atom. The molecule has 5 heteroatoms. The van der Waals surface area contributed by atoms with Crippen LogP contribution in [-0.4, -0.2) is 18.2 Å². The van der Waals surface area contributed by atoms with Crippen LogP contribution >= 0.6 is 11.6 Å². The fourth-order valence-electron chi connectivity index (χ4n) is 1.15. The summed E-state index contributed by atoms with van der Waals surface area (Å²) in [6.07, 6.45) is 0.420. The summed E-state index contributed by atoms with van der Waals surface area (Å²) in [4.78, 5) is 3.59. The van der Waals surface area contributed by atoms with Crippen molar-refractivity contribution in [1.29, 1.82) is 0 Å². The molecule has 0 amide bonds. The van der Waals surface area contributed by atoms with Gasteiger partial charge in [0.2, 0.25) is 0 Å². The molecule has 1 fully saturated rings. The molecule has 0 aliphatic carbocycles. The van der Waals surface area contributed by atoms with Crippen molar-refractivity contribution in [2.45, 2.75) is 6.29 Å². The molecule has 0 bridgehead atoms. The quantitative estimate of drug-likeness (QED) is 0.654. The van der Waals surface area contributed by atoms with Gasteiger partial charge in [0, 0.05) is 5.56 Å². The number of hydrogen-bond acceptors (Lipinski definition) is 3. The molecule has 70 valence electrons. The Kier molecular flexibility index (Phi) is 2.44. The first-order valence-corrected chi connectivity index (χ1v) is 4.19. The van der Waals surface area contributed by atoms with E-state index in [1.54, 1.807) is 0 Å². The van der Waals surface area contributed by atoms with Crippen molar-refractivity contribution in [3.05, 3.63) is 28.8 Å². The molecule has 0 N–H and O–H groups in total. The van der Waals surface area contributed by atoms with E-state index in [2.05, 4.69) is 4.98 Å². The third-order valence-electron chi connectivity index (χ3n) is 1.73. The Labute approximate surface area is 79.4 Å². The van der Waals surface area contributed by atoms with Crippen LogP contribution in [-0.2, 0) is 9.47 Å². The Balaban J connectivity index is 2.32. The van der Waals surface area contributed by atoms with Crippen molar-refractivity contribution in [2.75, 3.05) is 13.2 Å². The molecule has 1 aliphatic heterocycles. The molecule has 2 heterocycles. The van der Waals surface area contributed by atoms with E-state index in [0.29, 0.717) is 18.8 Å². The maximum atomic E-state index is 13.1. The molecular weight excluding hydrogens is 197 g/mol. The standard InChI is InChI=1S/C8H7ClFNO2/c9-7-3-5(6(10)4-11-7)8-12-1-2-13-8/h3-4,8H,1-2H2. The average molecular weight is 204 g/mol. The van der Waals surface area contributed by atoms with E-state index in [1.165, 1.54) is 6.07 Å². The summed E-state index contributed by atoms with van der Waals surface area (Å²) in [5.41, 5.74) is 0.303. The predicted molar refractivity (Wildman–Crippen MR) is 43.9 cm³/mol. The van der Waals surface area contributed by atoms with Crippen LogP contribution in [0.2, 0.25) is 5.15 Å². The van der Waals surface area contributed by atoms with E-state index in [9.17, 15) is 4.39 Å². The Morgan fingerprint density at radius 2 is 2.15 bits per heavy atom. The van der Waals surface area contributed by atoms with E-state index in [-0.39, 0.29) is 5.15 Å². The van der Waals surface area contributed by atoms with Gasteiger partial charge in [0.1, 0.15) is 11.0 Å². The summed E-state index contributed by atoms with van der Waals surface area (Å²) in [6, 6.07) is 1.41. The van der Waals surface area contributed by atoms with Gasteiger partial charge in [0.05, 0.1) is 19.4 Å². The van der Waals surface area contributed by atoms with Crippen LogP contribution in [0.4, 0.5) is 4.39 Å². The summed E-state index contributed by atoms with van der Waals surface area (Å²) >= 11 is 5.61. The van der Waals surface area contributed by atoms with Crippen LogP contribution in [0, 0.1) is 5.82 Å². The van der Waals surface area contributed by atoms with Crippen LogP contribution in [0.3, 0.4) is 0 Å². The molecule has 1 aromatic heterocycles. The molecule has 0 unspecified atom stereocenters. The van der Waals surface area contributed by atoms with Gasteiger partial charge in [-0.05, 0) is 6.07 Å². The topological polar surface area (TPSA) is 31.4 Å². The van der Waals surface area contributed by atoms with E-state index in [4.69, 9.17) is 21.1 Å². The average Bonchev–Trinajstić information content (AvgIpc) is 2.61. The van der Waals surface area contributed by atoms with Crippen LogP contribution in [0.15, 0.2) is 12.3 Å². The Hall–Kier alpha value is -0.710. The minimum Gasteiger partial charge on any atom is -0.346 e. The lowest BCUT2D eigenvalue weighted by Crippen LogP contribution is -2.02. The minimum absolute atomic E-state index is 0.232. The molecular formula is C8H7ClFNO2. The third-order valence-corrected chi connectivity index (χ3v) is 1.93. The van der Waals surface area contributed by atoms with Gasteiger partial charge in [-0.25, -0.2) is 9.37 Å². The number of ether oxygens (including phenoxy) is 2. The highest BCUT2D eigenvalue weighted by atomic mass is 35.5. The van der Waals surface area contributed by atoms with Crippen molar-refractivity contribution in [3.8, 4) is 0 Å². The van der Waals surface area contributed by atoms with E-state index in [0.717, 1.165) is 6.20 Å². The second-order valence-electron chi connectivity index (χ2n) is 2.60. The smallest absolute Gasteiger partial charge is 0.187 e. The molecule has 0 saturated carbocycles. The summed E-state index contributed by atoms with van der Waals surface area (Å²) in [5, 5.41) is 0.232. The Morgan fingerprint density at radius 3 is 2.85 bits per heavy atom. The maximum Gasteiger partial charge on any atom is 0.187 e. The number of rotatable bonds is 1. The minimum atomic E-state index is -0.638. The second kappa shape index (κ2) is 3.57. The summed E-state index contributed by atoms with van der Waals surface area (Å²) in [5.74, 6) is -0.462. The molecule has 0 atom stereocenters. The molecule has 1 aliphatic rings. The lowest BCUT2D eigenvalue weighted by Gasteiger charge is -2.09. The molecule has 13 heavy (non-hydrogen) atoms. The van der Waals surface area contributed by atoms with Gasteiger partial charge in [0.25, 0.3) is 0 Å². The van der Waals surface area contributed by atoms with E-state index in [1.807, 2.05) is 0 Å². The van der Waals surface area contributed by atoms with Crippen molar-refractivity contribution in [3.63, 3.8) is 0 Å². The highest BCUT2D eigenvalue weighted by Gasteiger charge is 2.22. The molecule has 3 nitrogen and oxygen atoms in total. The first-order valence-electron chi connectivity index (χ1n) is 3.81. The van der Waals surface area contributed by atoms with Crippen LogP contribution in [0.5, 0.6) is 0 Å². The third kappa shape index (κ3) is 1.80. The number of nitrogens with zero attached hydrogens (tertiary/aromatic N) is 1. The van der Waals surface area contributed by atoms with Crippen LogP contribution < -0.4 is 0 Å². The lowest BCUT2D eigenvalue weighted by molar-refractivity contribution is -0.0465. The van der Waals surface area contributed by atoms with Crippen molar-refractivity contribution in [1.82, 2.24) is 4.98 Å². The van der Waals surface area contributed by atoms with Crippen molar-refractivity contribution in [2.24, 2.45) is 0 Å². The van der Waals surface area contributed by atoms with E-state index < -0.39 is 12.1 Å². The zero-order chi connectivity index (χ0) is 9.26. The molecule has 1 saturated heterocycles. The van der Waals surface area contributed by atoms with Crippen molar-refractivity contribution < 1.29 is 13.9 Å². The Bertz CT molecular complexity index is 315. The number of halogens is 2. The summed E-state index contributed by atoms with van der Waals surface area (Å²) in [7, 11) is 0. The number of pyridine rings is 1. The van der Waals surface area contributed by atoms with Crippen molar-refractivity contribution >= 4 is 11.6 Å². The van der Waals surface area contributed by atoms with Gasteiger partial charge in [0.15, 0.2) is 6.29 Å². The normalized spacial score (nSPS) is 18.0.